The third kappa shape index (κ3) is 4.70. The largest absolute Gasteiger partial charge is 0.493 e. The van der Waals surface area contributed by atoms with Gasteiger partial charge in [0.2, 0.25) is 5.89 Å². The van der Waals surface area contributed by atoms with E-state index in [0.29, 0.717) is 18.4 Å². The van der Waals surface area contributed by atoms with Crippen LogP contribution in [0, 0.1) is 6.92 Å². The van der Waals surface area contributed by atoms with Crippen molar-refractivity contribution in [1.82, 2.24) is 9.88 Å². The molecule has 152 valence electrons. The maximum absolute atomic E-state index is 6.05. The molecular weight excluding hydrogens is 360 g/mol. The molecule has 4 heteroatoms. The highest BCUT2D eigenvalue weighted by molar-refractivity contribution is 5.53. The smallest absolute Gasteiger partial charge is 0.226 e. The molecule has 0 saturated heterocycles. The first-order valence-corrected chi connectivity index (χ1v) is 10.5. The van der Waals surface area contributed by atoms with Gasteiger partial charge in [-0.2, -0.15) is 0 Å². The van der Waals surface area contributed by atoms with Gasteiger partial charge in [0, 0.05) is 12.0 Å². The van der Waals surface area contributed by atoms with E-state index >= 15 is 0 Å². The normalized spacial score (nSPS) is 15.7. The van der Waals surface area contributed by atoms with Crippen molar-refractivity contribution in [3.05, 3.63) is 71.1 Å². The van der Waals surface area contributed by atoms with Crippen LogP contribution in [0.5, 0.6) is 5.75 Å². The Morgan fingerprint density at radius 3 is 2.76 bits per heavy atom. The molecule has 0 aliphatic heterocycles. The molecule has 0 bridgehead atoms. The van der Waals surface area contributed by atoms with E-state index in [4.69, 9.17) is 9.15 Å². The molecule has 1 unspecified atom stereocenters. The van der Waals surface area contributed by atoms with Crippen molar-refractivity contribution >= 4 is 0 Å². The van der Waals surface area contributed by atoms with Crippen molar-refractivity contribution < 1.29 is 9.15 Å². The van der Waals surface area contributed by atoms with Gasteiger partial charge in [-0.1, -0.05) is 24.3 Å². The van der Waals surface area contributed by atoms with Crippen LogP contribution >= 0.6 is 0 Å². The van der Waals surface area contributed by atoms with Gasteiger partial charge in [0.15, 0.2) is 0 Å². The number of aromatic nitrogens is 1. The molecule has 1 atom stereocenters. The summed E-state index contributed by atoms with van der Waals surface area (Å²) in [5.74, 6) is 3.20. The first-order valence-electron chi connectivity index (χ1n) is 10.5. The quantitative estimate of drug-likeness (QED) is 0.526. The summed E-state index contributed by atoms with van der Waals surface area (Å²) in [7, 11) is 4.29. The zero-order chi connectivity index (χ0) is 20.2. The fraction of sp³-hybridized carbons (Fsp3) is 0.400. The van der Waals surface area contributed by atoms with Crippen LogP contribution in [0.4, 0.5) is 0 Å². The second-order valence-electron chi connectivity index (χ2n) is 8.17. The van der Waals surface area contributed by atoms with E-state index < -0.39 is 0 Å². The zero-order valence-electron chi connectivity index (χ0n) is 17.6. The van der Waals surface area contributed by atoms with Gasteiger partial charge in [0.1, 0.15) is 11.5 Å². The minimum absolute atomic E-state index is 0.602. The Morgan fingerprint density at radius 1 is 1.14 bits per heavy atom. The third-order valence-electron chi connectivity index (χ3n) is 5.76. The number of nitrogens with zero attached hydrogens (tertiary/aromatic N) is 2. The van der Waals surface area contributed by atoms with Gasteiger partial charge in [-0.25, -0.2) is 4.98 Å². The molecule has 0 amide bonds. The second kappa shape index (κ2) is 8.83. The monoisotopic (exact) mass is 390 g/mol. The first kappa shape index (κ1) is 19.7. The predicted octanol–water partition coefficient (Wildman–Crippen LogP) is 5.25. The van der Waals surface area contributed by atoms with E-state index in [-0.39, 0.29) is 0 Å². The first-order chi connectivity index (χ1) is 14.1. The summed E-state index contributed by atoms with van der Waals surface area (Å²) in [4.78, 5) is 6.93. The van der Waals surface area contributed by atoms with Crippen LogP contribution in [-0.2, 0) is 12.8 Å². The molecular formula is C25H30N2O2. The van der Waals surface area contributed by atoms with Gasteiger partial charge < -0.3 is 14.1 Å². The van der Waals surface area contributed by atoms with Crippen molar-refractivity contribution in [3.8, 4) is 17.2 Å². The van der Waals surface area contributed by atoms with Gasteiger partial charge in [0.05, 0.1) is 12.3 Å². The Balaban J connectivity index is 1.34. The van der Waals surface area contributed by atoms with Crippen molar-refractivity contribution in [2.24, 2.45) is 0 Å². The van der Waals surface area contributed by atoms with Gasteiger partial charge in [-0.15, -0.1) is 0 Å². The Hall–Kier alpha value is -2.59. The van der Waals surface area contributed by atoms with Gasteiger partial charge in [-0.3, -0.25) is 0 Å². The minimum Gasteiger partial charge on any atom is -0.493 e. The zero-order valence-corrected chi connectivity index (χ0v) is 17.6. The van der Waals surface area contributed by atoms with Crippen LogP contribution < -0.4 is 4.74 Å². The number of hydrogen-bond acceptors (Lipinski definition) is 4. The number of aryl methyl sites for hydroxylation is 2. The van der Waals surface area contributed by atoms with E-state index in [0.717, 1.165) is 42.2 Å². The third-order valence-corrected chi connectivity index (χ3v) is 5.76. The highest BCUT2D eigenvalue weighted by Crippen LogP contribution is 2.37. The van der Waals surface area contributed by atoms with Gasteiger partial charge in [0.25, 0.3) is 0 Å². The number of oxazole rings is 1. The van der Waals surface area contributed by atoms with E-state index in [9.17, 15) is 0 Å². The fourth-order valence-electron chi connectivity index (χ4n) is 4.12. The minimum atomic E-state index is 0.602. The van der Waals surface area contributed by atoms with Crippen LogP contribution in [-0.4, -0.2) is 37.1 Å². The van der Waals surface area contributed by atoms with Crippen molar-refractivity contribution in [2.45, 2.75) is 38.5 Å². The number of hydrogen-bond donors (Lipinski definition) is 0. The Kier molecular flexibility index (Phi) is 6.00. The summed E-state index contributed by atoms with van der Waals surface area (Å²) in [5.41, 5.74) is 4.94. The van der Waals surface area contributed by atoms with Crippen LogP contribution in [0.1, 0.15) is 41.3 Å². The summed E-state index contributed by atoms with van der Waals surface area (Å²) in [5, 5.41) is 0. The van der Waals surface area contributed by atoms with Crippen LogP contribution in [0.25, 0.3) is 11.5 Å². The molecule has 2 aromatic carbocycles. The lowest BCUT2D eigenvalue weighted by atomic mass is 9.97. The molecule has 0 fully saturated rings. The highest BCUT2D eigenvalue weighted by Gasteiger charge is 2.22. The Morgan fingerprint density at radius 2 is 1.97 bits per heavy atom. The Bertz CT molecular complexity index is 947. The van der Waals surface area contributed by atoms with E-state index in [2.05, 4.69) is 42.2 Å². The maximum Gasteiger partial charge on any atom is 0.226 e. The summed E-state index contributed by atoms with van der Waals surface area (Å²) in [6, 6.07) is 16.6. The maximum atomic E-state index is 6.05. The van der Waals surface area contributed by atoms with Crippen molar-refractivity contribution in [1.29, 1.82) is 0 Å². The van der Waals surface area contributed by atoms with Gasteiger partial charge >= 0.3 is 0 Å². The lowest BCUT2D eigenvalue weighted by molar-refractivity contribution is 0.319. The lowest BCUT2D eigenvalue weighted by Gasteiger charge is -2.15. The molecule has 0 saturated carbocycles. The van der Waals surface area contributed by atoms with Crippen LogP contribution in [0.15, 0.2) is 52.9 Å². The van der Waals surface area contributed by atoms with E-state index in [1.165, 1.54) is 24.0 Å². The lowest BCUT2D eigenvalue weighted by Crippen LogP contribution is -2.15. The summed E-state index contributed by atoms with van der Waals surface area (Å²) in [6.07, 6.45) is 4.39. The SMILES string of the molecule is Cc1oc(-c2ccccc2)nc1CCOc1ccc2c(c1)CCC2CCN(C)C. The number of ether oxygens (including phenoxy) is 1. The summed E-state index contributed by atoms with van der Waals surface area (Å²) in [6.45, 7) is 3.72. The molecule has 4 rings (SSSR count). The molecule has 0 N–H and O–H groups in total. The number of rotatable bonds is 8. The molecule has 4 nitrogen and oxygen atoms in total. The van der Waals surface area contributed by atoms with Gasteiger partial charge in [-0.05, 0) is 88.1 Å². The molecule has 0 radical (unpaired) electrons. The summed E-state index contributed by atoms with van der Waals surface area (Å²) < 4.78 is 11.9. The molecule has 1 heterocycles. The van der Waals surface area contributed by atoms with Crippen LogP contribution in [0.3, 0.4) is 0 Å². The molecule has 29 heavy (non-hydrogen) atoms. The summed E-state index contributed by atoms with van der Waals surface area (Å²) >= 11 is 0. The Labute approximate surface area is 173 Å². The molecule has 1 aliphatic rings. The number of benzene rings is 2. The van der Waals surface area contributed by atoms with E-state index in [1.54, 1.807) is 0 Å². The molecule has 0 spiro atoms. The van der Waals surface area contributed by atoms with E-state index in [1.807, 2.05) is 37.3 Å². The predicted molar refractivity (Wildman–Crippen MR) is 117 cm³/mol. The standard InChI is InChI=1S/C25H30N2O2/c1-18-24(26-25(29-18)20-7-5-4-6-8-20)14-16-28-22-11-12-23-19(13-15-27(2)3)9-10-21(23)17-22/h4-8,11-12,17,19H,9-10,13-16H2,1-3H3. The molecule has 1 aliphatic carbocycles. The number of fused-ring (bicyclic) bond motifs is 1. The molecule has 3 aromatic rings. The topological polar surface area (TPSA) is 38.5 Å². The average molecular weight is 391 g/mol. The van der Waals surface area contributed by atoms with Crippen molar-refractivity contribution in [2.75, 3.05) is 27.2 Å². The molecule has 1 aromatic heterocycles. The second-order valence-corrected chi connectivity index (χ2v) is 8.17. The van der Waals surface area contributed by atoms with Crippen molar-refractivity contribution in [3.63, 3.8) is 0 Å². The highest BCUT2D eigenvalue weighted by atomic mass is 16.5. The average Bonchev–Trinajstić information content (AvgIpc) is 3.30. The fourth-order valence-corrected chi connectivity index (χ4v) is 4.12. The van der Waals surface area contributed by atoms with Crippen LogP contribution in [0.2, 0.25) is 0 Å².